The number of aliphatic hydroxyl groups excluding tert-OH is 1. The van der Waals surface area contributed by atoms with Crippen LogP contribution in [0.5, 0.6) is 0 Å². The molecule has 0 fully saturated rings. The van der Waals surface area contributed by atoms with Gasteiger partial charge in [0.25, 0.3) is 0 Å². The average Bonchev–Trinajstić information content (AvgIpc) is 2.12. The smallest absolute Gasteiger partial charge is 0.149 e. The highest BCUT2D eigenvalue weighted by Crippen LogP contribution is 2.14. The minimum Gasteiger partial charge on any atom is -0.396 e. The van der Waals surface area contributed by atoms with Crippen molar-refractivity contribution < 1.29 is 5.11 Å². The third kappa shape index (κ3) is 2.79. The van der Waals surface area contributed by atoms with E-state index >= 15 is 0 Å². The first kappa shape index (κ1) is 9.60. The Morgan fingerprint density at radius 3 is 2.77 bits per heavy atom. The van der Waals surface area contributed by atoms with Crippen LogP contribution in [0.15, 0.2) is 12.1 Å². The third-order valence-corrected chi connectivity index (χ3v) is 1.60. The molecule has 0 saturated carbocycles. The summed E-state index contributed by atoms with van der Waals surface area (Å²) in [5, 5.41) is 11.5. The molecule has 0 amide bonds. The molecule has 0 aliphatic carbocycles. The summed E-state index contributed by atoms with van der Waals surface area (Å²) < 4.78 is 0. The Morgan fingerprint density at radius 1 is 1.38 bits per heavy atom. The molecule has 1 heterocycles. The molecule has 0 atom stereocenters. The molecule has 1 rings (SSSR count). The number of rotatable bonds is 4. The molecule has 72 valence electrons. The quantitative estimate of drug-likeness (QED) is 0.493. The fourth-order valence-corrected chi connectivity index (χ4v) is 0.880. The van der Waals surface area contributed by atoms with Crippen molar-refractivity contribution in [3.8, 4) is 0 Å². The van der Waals surface area contributed by atoms with E-state index in [0.29, 0.717) is 30.3 Å². The second-order valence-electron chi connectivity index (χ2n) is 2.67. The van der Waals surface area contributed by atoms with Crippen molar-refractivity contribution in [2.75, 3.05) is 29.9 Å². The lowest BCUT2D eigenvalue weighted by atomic mass is 10.3. The van der Waals surface area contributed by atoms with Crippen molar-refractivity contribution in [2.24, 2.45) is 0 Å². The lowest BCUT2D eigenvalue weighted by molar-refractivity contribution is 0.292. The zero-order valence-corrected chi connectivity index (χ0v) is 7.33. The van der Waals surface area contributed by atoms with Gasteiger partial charge in [0.2, 0.25) is 0 Å². The van der Waals surface area contributed by atoms with Gasteiger partial charge in [0.15, 0.2) is 0 Å². The highest BCUT2D eigenvalue weighted by molar-refractivity contribution is 5.61. The summed E-state index contributed by atoms with van der Waals surface area (Å²) >= 11 is 0. The Labute approximate surface area is 76.8 Å². The fraction of sp³-hybridized carbons (Fsp3) is 0.375. The summed E-state index contributed by atoms with van der Waals surface area (Å²) in [4.78, 5) is 4.00. The van der Waals surface area contributed by atoms with Crippen molar-refractivity contribution in [2.45, 2.75) is 6.42 Å². The van der Waals surface area contributed by atoms with Gasteiger partial charge in [-0.15, -0.1) is 0 Å². The summed E-state index contributed by atoms with van der Waals surface area (Å²) in [6.45, 7) is 0.838. The zero-order valence-electron chi connectivity index (χ0n) is 7.33. The molecule has 0 aliphatic rings. The van der Waals surface area contributed by atoms with Crippen molar-refractivity contribution >= 4 is 17.3 Å². The Hall–Kier alpha value is -1.49. The van der Waals surface area contributed by atoms with Gasteiger partial charge in [-0.2, -0.15) is 0 Å². The molecule has 1 aromatic rings. The van der Waals surface area contributed by atoms with Crippen LogP contribution in [0, 0.1) is 0 Å². The number of nitrogens with two attached hydrogens (primary N) is 2. The molecule has 1 aromatic heterocycles. The summed E-state index contributed by atoms with van der Waals surface area (Å²) in [5.41, 5.74) is 11.5. The lowest BCUT2D eigenvalue weighted by Crippen LogP contribution is -2.07. The summed E-state index contributed by atoms with van der Waals surface area (Å²) in [5.74, 6) is 1.01. The monoisotopic (exact) mass is 182 g/mol. The first-order valence-corrected chi connectivity index (χ1v) is 4.11. The van der Waals surface area contributed by atoms with E-state index in [0.717, 1.165) is 0 Å². The van der Waals surface area contributed by atoms with Crippen LogP contribution in [-0.2, 0) is 0 Å². The van der Waals surface area contributed by atoms with Gasteiger partial charge < -0.3 is 21.9 Å². The number of nitrogen functional groups attached to an aromatic ring is 2. The molecule has 6 N–H and O–H groups in total. The molecule has 0 saturated heterocycles. The van der Waals surface area contributed by atoms with Gasteiger partial charge in [0, 0.05) is 13.2 Å². The second-order valence-corrected chi connectivity index (χ2v) is 2.67. The number of aromatic nitrogens is 1. The number of nitrogens with one attached hydrogen (secondary N) is 1. The van der Waals surface area contributed by atoms with E-state index < -0.39 is 0 Å². The largest absolute Gasteiger partial charge is 0.396 e. The normalized spacial score (nSPS) is 9.92. The zero-order chi connectivity index (χ0) is 9.68. The predicted octanol–water partition coefficient (Wildman–Crippen LogP) is 0.0403. The molecular weight excluding hydrogens is 168 g/mol. The number of hydrogen-bond acceptors (Lipinski definition) is 5. The number of aliphatic hydroxyl groups is 1. The second kappa shape index (κ2) is 4.51. The standard InChI is InChI=1S/C8H14N4O/c9-6-2-3-7(12-8(6)10)11-4-1-5-13/h2-3,13H,1,4-5,9H2,(H3,10,11,12). The Bertz CT molecular complexity index is 277. The molecule has 0 radical (unpaired) electrons. The molecule has 5 nitrogen and oxygen atoms in total. The van der Waals surface area contributed by atoms with E-state index in [2.05, 4.69) is 10.3 Å². The maximum atomic E-state index is 8.54. The number of nitrogens with zero attached hydrogens (tertiary/aromatic N) is 1. The van der Waals surface area contributed by atoms with E-state index in [-0.39, 0.29) is 6.61 Å². The molecule has 0 spiro atoms. The lowest BCUT2D eigenvalue weighted by Gasteiger charge is -2.05. The van der Waals surface area contributed by atoms with Crippen molar-refractivity contribution in [1.29, 1.82) is 0 Å². The molecule has 0 aromatic carbocycles. The summed E-state index contributed by atoms with van der Waals surface area (Å²) in [7, 11) is 0. The van der Waals surface area contributed by atoms with Gasteiger partial charge >= 0.3 is 0 Å². The third-order valence-electron chi connectivity index (χ3n) is 1.60. The number of pyridine rings is 1. The topological polar surface area (TPSA) is 97.2 Å². The number of anilines is 3. The van der Waals surface area contributed by atoms with Gasteiger partial charge in [-0.3, -0.25) is 0 Å². The van der Waals surface area contributed by atoms with E-state index in [1.807, 2.05) is 0 Å². The van der Waals surface area contributed by atoms with Gasteiger partial charge in [-0.1, -0.05) is 0 Å². The van der Waals surface area contributed by atoms with Crippen LogP contribution in [-0.4, -0.2) is 23.2 Å². The molecule has 13 heavy (non-hydrogen) atoms. The van der Waals surface area contributed by atoms with Crippen molar-refractivity contribution in [3.05, 3.63) is 12.1 Å². The maximum absolute atomic E-state index is 8.54. The Kier molecular flexibility index (Phi) is 3.33. The van der Waals surface area contributed by atoms with Crippen molar-refractivity contribution in [1.82, 2.24) is 4.98 Å². The van der Waals surface area contributed by atoms with Gasteiger partial charge in [0.05, 0.1) is 5.69 Å². The summed E-state index contributed by atoms with van der Waals surface area (Å²) in [6, 6.07) is 3.45. The highest BCUT2D eigenvalue weighted by Gasteiger charge is 1.97. The predicted molar refractivity (Wildman–Crippen MR) is 53.3 cm³/mol. The fourth-order valence-electron chi connectivity index (χ4n) is 0.880. The molecule has 0 unspecified atom stereocenters. The maximum Gasteiger partial charge on any atom is 0.149 e. The first-order valence-electron chi connectivity index (χ1n) is 4.11. The van der Waals surface area contributed by atoms with Gasteiger partial charge in [-0.25, -0.2) is 4.98 Å². The Balaban J connectivity index is 2.53. The minimum atomic E-state index is 0.164. The SMILES string of the molecule is Nc1ccc(NCCCO)nc1N. The summed E-state index contributed by atoms with van der Waals surface area (Å²) in [6.07, 6.45) is 0.686. The number of hydrogen-bond donors (Lipinski definition) is 4. The van der Waals surface area contributed by atoms with Crippen LogP contribution in [0.3, 0.4) is 0 Å². The van der Waals surface area contributed by atoms with E-state index in [4.69, 9.17) is 16.6 Å². The van der Waals surface area contributed by atoms with Crippen LogP contribution >= 0.6 is 0 Å². The van der Waals surface area contributed by atoms with Crippen LogP contribution in [0.1, 0.15) is 6.42 Å². The van der Waals surface area contributed by atoms with Gasteiger partial charge in [-0.05, 0) is 18.6 Å². The molecular formula is C8H14N4O. The average molecular weight is 182 g/mol. The van der Waals surface area contributed by atoms with Crippen LogP contribution in [0.25, 0.3) is 0 Å². The van der Waals surface area contributed by atoms with E-state index in [1.165, 1.54) is 0 Å². The van der Waals surface area contributed by atoms with E-state index in [9.17, 15) is 0 Å². The molecule has 5 heteroatoms. The van der Waals surface area contributed by atoms with Gasteiger partial charge in [0.1, 0.15) is 11.6 Å². The molecule has 0 bridgehead atoms. The van der Waals surface area contributed by atoms with Crippen molar-refractivity contribution in [3.63, 3.8) is 0 Å². The minimum absolute atomic E-state index is 0.164. The first-order chi connectivity index (χ1) is 6.24. The van der Waals surface area contributed by atoms with Crippen LogP contribution in [0.2, 0.25) is 0 Å². The van der Waals surface area contributed by atoms with Crippen LogP contribution in [0.4, 0.5) is 17.3 Å². The molecule has 0 aliphatic heterocycles. The van der Waals surface area contributed by atoms with E-state index in [1.54, 1.807) is 12.1 Å². The Morgan fingerprint density at radius 2 is 2.15 bits per heavy atom. The van der Waals surface area contributed by atoms with Crippen LogP contribution < -0.4 is 16.8 Å². The highest BCUT2D eigenvalue weighted by atomic mass is 16.3.